The third-order valence-electron chi connectivity index (χ3n) is 2.77. The number of carbonyl (C=O) groups is 1. The minimum absolute atomic E-state index is 0.0776. The largest absolute Gasteiger partial charge is 0.504 e. The molecule has 16 heavy (non-hydrogen) atoms. The smallest absolute Gasteiger partial charge is 0.303 e. The molecule has 0 saturated heterocycles. The lowest BCUT2D eigenvalue weighted by Gasteiger charge is -2.13. The van der Waals surface area contributed by atoms with E-state index in [9.17, 15) is 9.90 Å². The third kappa shape index (κ3) is 2.45. The summed E-state index contributed by atoms with van der Waals surface area (Å²) in [6.45, 7) is 3.66. The molecule has 4 nitrogen and oxygen atoms in total. The van der Waals surface area contributed by atoms with Gasteiger partial charge in [-0.2, -0.15) is 0 Å². The highest BCUT2D eigenvalue weighted by Crippen LogP contribution is 2.34. The van der Waals surface area contributed by atoms with Gasteiger partial charge in [-0.1, -0.05) is 0 Å². The van der Waals surface area contributed by atoms with Crippen LogP contribution in [0.4, 0.5) is 0 Å². The number of aromatic hydroxyl groups is 1. The van der Waals surface area contributed by atoms with Gasteiger partial charge in [0.1, 0.15) is 0 Å². The molecule has 1 rings (SSSR count). The Balaban J connectivity index is 3.09. The quantitative estimate of drug-likeness (QED) is 0.821. The van der Waals surface area contributed by atoms with E-state index in [1.54, 1.807) is 13.0 Å². The molecule has 0 unspecified atom stereocenters. The van der Waals surface area contributed by atoms with Crippen LogP contribution in [0, 0.1) is 13.8 Å². The topological polar surface area (TPSA) is 66.8 Å². The van der Waals surface area contributed by atoms with E-state index in [0.717, 1.165) is 16.7 Å². The van der Waals surface area contributed by atoms with Gasteiger partial charge in [0.15, 0.2) is 11.5 Å². The Kier molecular flexibility index (Phi) is 3.77. The summed E-state index contributed by atoms with van der Waals surface area (Å²) in [4.78, 5) is 10.5. The number of hydrogen-bond acceptors (Lipinski definition) is 3. The van der Waals surface area contributed by atoms with Gasteiger partial charge in [-0.25, -0.2) is 0 Å². The standard InChI is InChI=1S/C12H16O4/c1-7-8(2)12(15)10(16-3)6-9(7)4-5-11(13)14/h6,15H,4-5H2,1-3H3,(H,13,14). The van der Waals surface area contributed by atoms with Crippen molar-refractivity contribution in [3.05, 3.63) is 22.8 Å². The van der Waals surface area contributed by atoms with E-state index in [2.05, 4.69) is 0 Å². The van der Waals surface area contributed by atoms with E-state index in [1.165, 1.54) is 7.11 Å². The summed E-state index contributed by atoms with van der Waals surface area (Å²) in [6, 6.07) is 1.70. The molecule has 1 aromatic carbocycles. The second-order valence-electron chi connectivity index (χ2n) is 3.73. The summed E-state index contributed by atoms with van der Waals surface area (Å²) in [7, 11) is 1.48. The second kappa shape index (κ2) is 4.88. The highest BCUT2D eigenvalue weighted by molar-refractivity contribution is 5.67. The maximum atomic E-state index is 10.5. The van der Waals surface area contributed by atoms with E-state index in [1.807, 2.05) is 6.92 Å². The number of phenols is 1. The SMILES string of the molecule is COc1cc(CCC(=O)O)c(C)c(C)c1O. The first-order chi connectivity index (χ1) is 7.47. The number of hydrogen-bond donors (Lipinski definition) is 2. The van der Waals surface area contributed by atoms with E-state index in [4.69, 9.17) is 9.84 Å². The van der Waals surface area contributed by atoms with Crippen LogP contribution in [0.3, 0.4) is 0 Å². The lowest BCUT2D eigenvalue weighted by molar-refractivity contribution is -0.136. The van der Waals surface area contributed by atoms with Crippen LogP contribution in [0.15, 0.2) is 6.07 Å². The molecule has 0 saturated carbocycles. The highest BCUT2D eigenvalue weighted by Gasteiger charge is 2.12. The average molecular weight is 224 g/mol. The number of carboxylic acid groups (broad SMARTS) is 1. The van der Waals surface area contributed by atoms with E-state index < -0.39 is 5.97 Å². The van der Waals surface area contributed by atoms with Gasteiger partial charge in [0.25, 0.3) is 0 Å². The average Bonchev–Trinajstić information content (AvgIpc) is 2.25. The number of carboxylic acids is 1. The molecule has 0 fully saturated rings. The molecule has 0 atom stereocenters. The van der Waals surface area contributed by atoms with Crippen LogP contribution in [0.25, 0.3) is 0 Å². The first kappa shape index (κ1) is 12.4. The number of rotatable bonds is 4. The predicted molar refractivity (Wildman–Crippen MR) is 60.1 cm³/mol. The summed E-state index contributed by atoms with van der Waals surface area (Å²) in [5.74, 6) is -0.313. The van der Waals surface area contributed by atoms with Crippen molar-refractivity contribution in [2.45, 2.75) is 26.7 Å². The van der Waals surface area contributed by atoms with Crippen LogP contribution in [-0.4, -0.2) is 23.3 Å². The van der Waals surface area contributed by atoms with E-state index >= 15 is 0 Å². The van der Waals surface area contributed by atoms with Crippen molar-refractivity contribution in [3.63, 3.8) is 0 Å². The summed E-state index contributed by atoms with van der Waals surface area (Å²) in [5.41, 5.74) is 2.55. The number of aliphatic carboxylic acids is 1. The van der Waals surface area contributed by atoms with Crippen LogP contribution in [-0.2, 0) is 11.2 Å². The van der Waals surface area contributed by atoms with Crippen molar-refractivity contribution in [2.24, 2.45) is 0 Å². The molecule has 0 radical (unpaired) electrons. The molecule has 4 heteroatoms. The van der Waals surface area contributed by atoms with Gasteiger partial charge in [-0.05, 0) is 43.0 Å². The maximum Gasteiger partial charge on any atom is 0.303 e. The van der Waals surface area contributed by atoms with Crippen LogP contribution >= 0.6 is 0 Å². The van der Waals surface area contributed by atoms with Crippen molar-refractivity contribution in [1.82, 2.24) is 0 Å². The van der Waals surface area contributed by atoms with Gasteiger partial charge in [0, 0.05) is 6.42 Å². The molecule has 0 bridgehead atoms. The van der Waals surface area contributed by atoms with Gasteiger partial charge in [-0.15, -0.1) is 0 Å². The Bertz CT molecular complexity index is 410. The fourth-order valence-electron chi connectivity index (χ4n) is 1.59. The molecule has 2 N–H and O–H groups in total. The van der Waals surface area contributed by atoms with Crippen LogP contribution < -0.4 is 4.74 Å². The molecular weight excluding hydrogens is 208 g/mol. The summed E-state index contributed by atoms with van der Waals surface area (Å²) in [5, 5.41) is 18.4. The Hall–Kier alpha value is -1.71. The lowest BCUT2D eigenvalue weighted by Crippen LogP contribution is -2.01. The third-order valence-corrected chi connectivity index (χ3v) is 2.77. The van der Waals surface area contributed by atoms with Crippen LogP contribution in [0.2, 0.25) is 0 Å². The molecule has 0 aliphatic rings. The van der Waals surface area contributed by atoms with Crippen LogP contribution in [0.1, 0.15) is 23.1 Å². The van der Waals surface area contributed by atoms with Crippen molar-refractivity contribution in [3.8, 4) is 11.5 Å². The Morgan fingerprint density at radius 3 is 2.50 bits per heavy atom. The minimum atomic E-state index is -0.830. The molecule has 0 heterocycles. The molecule has 0 aromatic heterocycles. The fourth-order valence-corrected chi connectivity index (χ4v) is 1.59. The number of phenolic OH excluding ortho intramolecular Hbond substituents is 1. The number of ether oxygens (including phenoxy) is 1. The molecule has 1 aromatic rings. The Morgan fingerprint density at radius 1 is 1.38 bits per heavy atom. The normalized spacial score (nSPS) is 10.2. The Labute approximate surface area is 94.5 Å². The minimum Gasteiger partial charge on any atom is -0.504 e. The second-order valence-corrected chi connectivity index (χ2v) is 3.73. The van der Waals surface area contributed by atoms with Crippen LogP contribution in [0.5, 0.6) is 11.5 Å². The van der Waals surface area contributed by atoms with Crippen molar-refractivity contribution in [1.29, 1.82) is 0 Å². The van der Waals surface area contributed by atoms with Gasteiger partial charge >= 0.3 is 5.97 Å². The van der Waals surface area contributed by atoms with Gasteiger partial charge in [0.2, 0.25) is 0 Å². The zero-order valence-corrected chi connectivity index (χ0v) is 9.70. The number of methoxy groups -OCH3 is 1. The zero-order valence-electron chi connectivity index (χ0n) is 9.70. The first-order valence-electron chi connectivity index (χ1n) is 5.05. The van der Waals surface area contributed by atoms with Gasteiger partial charge in [-0.3, -0.25) is 4.79 Å². The summed E-state index contributed by atoms with van der Waals surface area (Å²) < 4.78 is 5.03. The maximum absolute atomic E-state index is 10.5. The van der Waals surface area contributed by atoms with E-state index in [0.29, 0.717) is 12.2 Å². The monoisotopic (exact) mass is 224 g/mol. The molecular formula is C12H16O4. The van der Waals surface area contributed by atoms with Crippen molar-refractivity contribution in [2.75, 3.05) is 7.11 Å². The first-order valence-corrected chi connectivity index (χ1v) is 5.05. The van der Waals surface area contributed by atoms with Crippen molar-refractivity contribution < 1.29 is 19.7 Å². The number of aryl methyl sites for hydroxylation is 1. The molecule has 0 aliphatic heterocycles. The molecule has 0 aliphatic carbocycles. The van der Waals surface area contributed by atoms with Gasteiger partial charge < -0.3 is 14.9 Å². The van der Waals surface area contributed by atoms with E-state index in [-0.39, 0.29) is 12.2 Å². The van der Waals surface area contributed by atoms with Gasteiger partial charge in [0.05, 0.1) is 7.11 Å². The highest BCUT2D eigenvalue weighted by atomic mass is 16.5. The van der Waals surface area contributed by atoms with Crippen molar-refractivity contribution >= 4 is 5.97 Å². The number of benzene rings is 1. The predicted octanol–water partition coefficient (Wildman–Crippen LogP) is 2.03. The fraction of sp³-hybridized carbons (Fsp3) is 0.417. The zero-order chi connectivity index (χ0) is 12.3. The molecule has 0 spiro atoms. The molecule has 0 amide bonds. The summed E-state index contributed by atoms with van der Waals surface area (Å²) >= 11 is 0. The lowest BCUT2D eigenvalue weighted by atomic mass is 9.98. The molecule has 88 valence electrons. The summed E-state index contributed by atoms with van der Waals surface area (Å²) in [6.07, 6.45) is 0.521. The Morgan fingerprint density at radius 2 is 2.00 bits per heavy atom.